The van der Waals surface area contributed by atoms with Crippen molar-refractivity contribution in [1.29, 1.82) is 0 Å². The number of anilines is 1. The molecular formula is C32H31N5O3. The molecule has 40 heavy (non-hydrogen) atoms. The lowest BCUT2D eigenvalue weighted by Gasteiger charge is -2.34. The summed E-state index contributed by atoms with van der Waals surface area (Å²) in [6, 6.07) is 23.7. The highest BCUT2D eigenvalue weighted by molar-refractivity contribution is 6.25. The van der Waals surface area contributed by atoms with Crippen molar-refractivity contribution in [3.05, 3.63) is 95.8 Å². The van der Waals surface area contributed by atoms with Gasteiger partial charge in [-0.3, -0.25) is 14.3 Å². The molecule has 4 heterocycles. The van der Waals surface area contributed by atoms with Crippen LogP contribution in [-0.4, -0.2) is 62.1 Å². The molecule has 7 rings (SSSR count). The Hall–Kier alpha value is -4.46. The number of benzene rings is 3. The zero-order chi connectivity index (χ0) is 27.8. The highest BCUT2D eigenvalue weighted by atomic mass is 16.2. The van der Waals surface area contributed by atoms with Crippen LogP contribution < -0.4 is 4.90 Å². The van der Waals surface area contributed by atoms with Gasteiger partial charge in [0.2, 0.25) is 0 Å². The van der Waals surface area contributed by atoms with Gasteiger partial charge in [-0.25, -0.2) is 9.69 Å². The SMILES string of the molecule is CC(C)(C)c1cc(C(=O)N2C[C@@H]3C[C@H]2[C@H]2C(=O)N(c4cccc5ccccc45)C(=O)N32)n(Cc2ccccc2)n1. The van der Waals surface area contributed by atoms with Crippen molar-refractivity contribution in [1.82, 2.24) is 19.6 Å². The number of fused-ring (bicyclic) bond motifs is 6. The summed E-state index contributed by atoms with van der Waals surface area (Å²) in [4.78, 5) is 46.5. The molecule has 0 radical (unpaired) electrons. The second kappa shape index (κ2) is 8.78. The summed E-state index contributed by atoms with van der Waals surface area (Å²) in [6.45, 7) is 7.12. The van der Waals surface area contributed by atoms with Gasteiger partial charge in [0, 0.05) is 17.3 Å². The highest BCUT2D eigenvalue weighted by Gasteiger charge is 2.63. The van der Waals surface area contributed by atoms with Crippen molar-refractivity contribution in [2.45, 2.75) is 57.3 Å². The fourth-order valence-corrected chi connectivity index (χ4v) is 6.50. The van der Waals surface area contributed by atoms with Crippen LogP contribution in [0.3, 0.4) is 0 Å². The molecule has 8 nitrogen and oxygen atoms in total. The number of likely N-dealkylation sites (tertiary alicyclic amines) is 1. The van der Waals surface area contributed by atoms with E-state index in [4.69, 9.17) is 5.10 Å². The number of piperazine rings is 1. The number of hydrogen-bond acceptors (Lipinski definition) is 4. The molecule has 0 unspecified atom stereocenters. The molecule has 3 fully saturated rings. The third-order valence-corrected chi connectivity index (χ3v) is 8.48. The molecule has 3 aliphatic heterocycles. The summed E-state index contributed by atoms with van der Waals surface area (Å²) >= 11 is 0. The van der Waals surface area contributed by atoms with Crippen LogP contribution in [0.15, 0.2) is 78.9 Å². The van der Waals surface area contributed by atoms with E-state index in [1.54, 1.807) is 14.5 Å². The van der Waals surface area contributed by atoms with Crippen LogP contribution in [0.5, 0.6) is 0 Å². The summed E-state index contributed by atoms with van der Waals surface area (Å²) in [7, 11) is 0. The molecule has 0 saturated carbocycles. The highest BCUT2D eigenvalue weighted by Crippen LogP contribution is 2.44. The quantitative estimate of drug-likeness (QED) is 0.353. The van der Waals surface area contributed by atoms with Gasteiger partial charge in [0.1, 0.15) is 11.7 Å². The molecule has 3 saturated heterocycles. The minimum Gasteiger partial charge on any atom is -0.330 e. The molecule has 4 aromatic rings. The first kappa shape index (κ1) is 24.6. The Morgan fingerprint density at radius 3 is 2.45 bits per heavy atom. The van der Waals surface area contributed by atoms with Crippen molar-refractivity contribution in [2.75, 3.05) is 11.4 Å². The molecule has 202 valence electrons. The van der Waals surface area contributed by atoms with Crippen molar-refractivity contribution < 1.29 is 14.4 Å². The maximum absolute atomic E-state index is 14.1. The minimum atomic E-state index is -0.679. The fraction of sp³-hybridized carbons (Fsp3) is 0.312. The van der Waals surface area contributed by atoms with Crippen LogP contribution in [0, 0.1) is 0 Å². The lowest BCUT2D eigenvalue weighted by Crippen LogP contribution is -2.55. The maximum Gasteiger partial charge on any atom is 0.332 e. The van der Waals surface area contributed by atoms with Gasteiger partial charge in [-0.05, 0) is 29.5 Å². The van der Waals surface area contributed by atoms with Gasteiger partial charge in [0.15, 0.2) is 0 Å². The molecule has 0 N–H and O–H groups in total. The second-order valence-electron chi connectivity index (χ2n) is 12.0. The number of aromatic nitrogens is 2. The largest absolute Gasteiger partial charge is 0.332 e. The topological polar surface area (TPSA) is 78.8 Å². The Morgan fingerprint density at radius 1 is 0.950 bits per heavy atom. The molecule has 8 heteroatoms. The number of imide groups is 1. The summed E-state index contributed by atoms with van der Waals surface area (Å²) in [5.74, 6) is -0.408. The van der Waals surface area contributed by atoms with Gasteiger partial charge >= 0.3 is 6.03 Å². The first-order valence-electron chi connectivity index (χ1n) is 13.8. The molecule has 0 aliphatic carbocycles. The van der Waals surface area contributed by atoms with E-state index < -0.39 is 6.04 Å². The predicted molar refractivity (Wildman–Crippen MR) is 152 cm³/mol. The summed E-state index contributed by atoms with van der Waals surface area (Å²) < 4.78 is 1.78. The summed E-state index contributed by atoms with van der Waals surface area (Å²) in [6.07, 6.45) is 0.607. The molecule has 4 amide bonds. The van der Waals surface area contributed by atoms with E-state index in [9.17, 15) is 14.4 Å². The van der Waals surface area contributed by atoms with Crippen LogP contribution in [-0.2, 0) is 16.8 Å². The van der Waals surface area contributed by atoms with E-state index >= 15 is 0 Å². The van der Waals surface area contributed by atoms with Crippen LogP contribution >= 0.6 is 0 Å². The van der Waals surface area contributed by atoms with Crippen LogP contribution in [0.2, 0.25) is 0 Å². The third-order valence-electron chi connectivity index (χ3n) is 8.48. The molecule has 3 aromatic carbocycles. The van der Waals surface area contributed by atoms with Crippen LogP contribution in [0.1, 0.15) is 48.9 Å². The van der Waals surface area contributed by atoms with Gasteiger partial charge in [-0.2, -0.15) is 5.10 Å². The van der Waals surface area contributed by atoms with Crippen molar-refractivity contribution >= 4 is 34.3 Å². The number of nitrogens with zero attached hydrogens (tertiary/aromatic N) is 5. The van der Waals surface area contributed by atoms with E-state index in [1.807, 2.05) is 78.9 Å². The molecular weight excluding hydrogens is 502 g/mol. The zero-order valence-corrected chi connectivity index (χ0v) is 22.8. The van der Waals surface area contributed by atoms with E-state index in [0.717, 1.165) is 22.0 Å². The number of rotatable bonds is 4. The van der Waals surface area contributed by atoms with E-state index in [1.165, 1.54) is 4.90 Å². The Morgan fingerprint density at radius 2 is 1.68 bits per heavy atom. The van der Waals surface area contributed by atoms with Gasteiger partial charge in [-0.15, -0.1) is 0 Å². The van der Waals surface area contributed by atoms with Gasteiger partial charge in [-0.1, -0.05) is 87.5 Å². The Bertz CT molecular complexity index is 1670. The minimum absolute atomic E-state index is 0.144. The van der Waals surface area contributed by atoms with E-state index in [-0.39, 0.29) is 35.3 Å². The number of urea groups is 1. The van der Waals surface area contributed by atoms with Crippen molar-refractivity contribution in [3.8, 4) is 0 Å². The Labute approximate surface area is 232 Å². The van der Waals surface area contributed by atoms with Crippen LogP contribution in [0.4, 0.5) is 10.5 Å². The van der Waals surface area contributed by atoms with Crippen molar-refractivity contribution in [3.63, 3.8) is 0 Å². The van der Waals surface area contributed by atoms with E-state index in [0.29, 0.717) is 30.9 Å². The average Bonchev–Trinajstić information content (AvgIpc) is 3.71. The first-order valence-corrected chi connectivity index (χ1v) is 13.8. The maximum atomic E-state index is 14.1. The Kier molecular flexibility index (Phi) is 5.39. The van der Waals surface area contributed by atoms with Gasteiger partial charge < -0.3 is 9.80 Å². The molecule has 0 spiro atoms. The Balaban J connectivity index is 1.21. The molecule has 3 aliphatic rings. The lowest BCUT2D eigenvalue weighted by molar-refractivity contribution is -0.121. The van der Waals surface area contributed by atoms with E-state index in [2.05, 4.69) is 20.8 Å². The van der Waals surface area contributed by atoms with Crippen LogP contribution in [0.25, 0.3) is 10.8 Å². The number of carbonyl (C=O) groups is 3. The third kappa shape index (κ3) is 3.66. The smallest absolute Gasteiger partial charge is 0.330 e. The fourth-order valence-electron chi connectivity index (χ4n) is 6.50. The number of hydrogen-bond donors (Lipinski definition) is 0. The first-order chi connectivity index (χ1) is 19.2. The average molecular weight is 534 g/mol. The lowest BCUT2D eigenvalue weighted by atomic mass is 9.92. The molecule has 2 bridgehead atoms. The molecule has 1 aromatic heterocycles. The predicted octanol–water partition coefficient (Wildman–Crippen LogP) is 4.82. The number of amides is 4. The summed E-state index contributed by atoms with van der Waals surface area (Å²) in [5.41, 5.74) is 2.76. The monoisotopic (exact) mass is 533 g/mol. The normalized spacial score (nSPS) is 22.1. The second-order valence-corrected chi connectivity index (χ2v) is 12.0. The standard InChI is InChI=1S/C32H31N5O3/c1-32(2,3)27-17-26(35(33-27)18-20-10-5-4-6-11-20)29(38)34-19-22-16-25(34)28-30(39)37(31(40)36(22)28)24-15-9-13-21-12-7-8-14-23(21)24/h4-15,17,22,25,28H,16,18-19H2,1-3H3/t22-,25-,28-/m0/s1. The van der Waals surface area contributed by atoms with Gasteiger partial charge in [0.05, 0.1) is 30.0 Å². The van der Waals surface area contributed by atoms with Gasteiger partial charge in [0.25, 0.3) is 11.8 Å². The number of carbonyl (C=O) groups excluding carboxylic acids is 3. The van der Waals surface area contributed by atoms with Crippen molar-refractivity contribution in [2.24, 2.45) is 0 Å². The molecule has 3 atom stereocenters. The summed E-state index contributed by atoms with van der Waals surface area (Å²) in [5, 5.41) is 6.66. The zero-order valence-electron chi connectivity index (χ0n) is 22.8.